The van der Waals surface area contributed by atoms with Crippen molar-refractivity contribution in [3.8, 4) is 0 Å². The lowest BCUT2D eigenvalue weighted by Gasteiger charge is -2.36. The topological polar surface area (TPSA) is 60.9 Å². The number of sulfonamides is 1. The molecular formula is C21H26ClN3O3S. The summed E-state index contributed by atoms with van der Waals surface area (Å²) in [6.07, 6.45) is 1.13. The van der Waals surface area contributed by atoms with Gasteiger partial charge in [0.1, 0.15) is 6.54 Å². The normalized spacial score (nSPS) is 15.3. The van der Waals surface area contributed by atoms with Crippen LogP contribution in [0.25, 0.3) is 0 Å². The number of aryl methyl sites for hydroxylation is 1. The molecule has 0 unspecified atom stereocenters. The molecule has 6 nitrogen and oxygen atoms in total. The SMILES string of the molecule is Cc1ccccc1N(CC(=O)N1CCN(Cc2cccc(Cl)c2)CC1)S(C)(=O)=O. The van der Waals surface area contributed by atoms with Gasteiger partial charge in [0.15, 0.2) is 0 Å². The largest absolute Gasteiger partial charge is 0.339 e. The fourth-order valence-electron chi connectivity index (χ4n) is 3.50. The zero-order valence-electron chi connectivity index (χ0n) is 16.7. The summed E-state index contributed by atoms with van der Waals surface area (Å²) in [6, 6.07) is 15.0. The third-order valence-corrected chi connectivity index (χ3v) is 6.45. The van der Waals surface area contributed by atoms with Gasteiger partial charge in [0.2, 0.25) is 15.9 Å². The van der Waals surface area contributed by atoms with Gasteiger partial charge in [-0.3, -0.25) is 14.0 Å². The standard InChI is InChI=1S/C21H26ClN3O3S/c1-17-6-3-4-9-20(17)25(29(2,27)28)16-21(26)24-12-10-23(11-13-24)15-18-7-5-8-19(22)14-18/h3-9,14H,10-13,15-16H2,1-2H3. The average molecular weight is 436 g/mol. The van der Waals surface area contributed by atoms with Crippen molar-refractivity contribution in [1.29, 1.82) is 0 Å². The molecule has 29 heavy (non-hydrogen) atoms. The van der Waals surface area contributed by atoms with E-state index in [4.69, 9.17) is 11.6 Å². The van der Waals surface area contributed by atoms with E-state index in [0.717, 1.165) is 37.0 Å². The molecule has 0 aliphatic carbocycles. The van der Waals surface area contributed by atoms with Crippen molar-refractivity contribution in [3.05, 3.63) is 64.7 Å². The molecule has 1 aliphatic rings. The molecule has 1 fully saturated rings. The van der Waals surface area contributed by atoms with E-state index in [1.165, 1.54) is 4.31 Å². The summed E-state index contributed by atoms with van der Waals surface area (Å²) in [4.78, 5) is 16.8. The molecule has 0 aromatic heterocycles. The van der Waals surface area contributed by atoms with Crippen molar-refractivity contribution < 1.29 is 13.2 Å². The molecule has 0 atom stereocenters. The van der Waals surface area contributed by atoms with E-state index in [1.54, 1.807) is 17.0 Å². The molecule has 0 bridgehead atoms. The maximum Gasteiger partial charge on any atom is 0.243 e. The Morgan fingerprint density at radius 1 is 1.07 bits per heavy atom. The molecule has 1 heterocycles. The third kappa shape index (κ3) is 5.72. The number of rotatable bonds is 6. The number of piperazine rings is 1. The summed E-state index contributed by atoms with van der Waals surface area (Å²) in [5.41, 5.74) is 2.50. The Kier molecular flexibility index (Phi) is 6.82. The van der Waals surface area contributed by atoms with Crippen molar-refractivity contribution in [2.45, 2.75) is 13.5 Å². The van der Waals surface area contributed by atoms with Crippen LogP contribution in [0.15, 0.2) is 48.5 Å². The first-order valence-corrected chi connectivity index (χ1v) is 11.7. The number of hydrogen-bond donors (Lipinski definition) is 0. The minimum Gasteiger partial charge on any atom is -0.339 e. The summed E-state index contributed by atoms with van der Waals surface area (Å²) in [5.74, 6) is -0.180. The van der Waals surface area contributed by atoms with Crippen LogP contribution in [0.2, 0.25) is 5.02 Å². The Hall–Kier alpha value is -2.09. The van der Waals surface area contributed by atoms with E-state index in [0.29, 0.717) is 23.8 Å². The van der Waals surface area contributed by atoms with Crippen LogP contribution in [0.1, 0.15) is 11.1 Å². The lowest BCUT2D eigenvalue weighted by Crippen LogP contribution is -2.51. The highest BCUT2D eigenvalue weighted by Gasteiger charge is 2.27. The smallest absolute Gasteiger partial charge is 0.243 e. The minimum atomic E-state index is -3.57. The van der Waals surface area contributed by atoms with Crippen molar-refractivity contribution in [3.63, 3.8) is 0 Å². The molecule has 156 valence electrons. The molecule has 1 amide bonds. The van der Waals surface area contributed by atoms with Gasteiger partial charge in [-0.05, 0) is 36.2 Å². The Morgan fingerprint density at radius 2 is 1.76 bits per heavy atom. The van der Waals surface area contributed by atoms with Gasteiger partial charge in [0, 0.05) is 37.7 Å². The molecule has 0 saturated carbocycles. The number of carbonyl (C=O) groups is 1. The van der Waals surface area contributed by atoms with E-state index in [2.05, 4.69) is 4.90 Å². The first kappa shape index (κ1) is 21.6. The zero-order valence-corrected chi connectivity index (χ0v) is 18.3. The van der Waals surface area contributed by atoms with Crippen molar-refractivity contribution in [2.75, 3.05) is 43.3 Å². The van der Waals surface area contributed by atoms with E-state index in [-0.39, 0.29) is 12.5 Å². The zero-order chi connectivity index (χ0) is 21.0. The Morgan fingerprint density at radius 3 is 2.38 bits per heavy atom. The minimum absolute atomic E-state index is 0.180. The Bertz CT molecular complexity index is 973. The highest BCUT2D eigenvalue weighted by atomic mass is 35.5. The second-order valence-electron chi connectivity index (χ2n) is 7.34. The van der Waals surface area contributed by atoms with E-state index < -0.39 is 10.0 Å². The lowest BCUT2D eigenvalue weighted by molar-refractivity contribution is -0.131. The summed E-state index contributed by atoms with van der Waals surface area (Å²) >= 11 is 6.05. The van der Waals surface area contributed by atoms with Crippen LogP contribution in [-0.4, -0.2) is 63.1 Å². The fourth-order valence-corrected chi connectivity index (χ4v) is 4.62. The third-order valence-electron chi connectivity index (χ3n) is 5.08. The number of amides is 1. The highest BCUT2D eigenvalue weighted by molar-refractivity contribution is 7.92. The number of carbonyl (C=O) groups excluding carboxylic acids is 1. The number of benzene rings is 2. The fraction of sp³-hybridized carbons (Fsp3) is 0.381. The summed E-state index contributed by atoms with van der Waals surface area (Å²) in [6.45, 7) is 5.06. The van der Waals surface area contributed by atoms with Crippen LogP contribution < -0.4 is 4.31 Å². The number of hydrogen-bond acceptors (Lipinski definition) is 4. The van der Waals surface area contributed by atoms with Gasteiger partial charge in [-0.2, -0.15) is 0 Å². The monoisotopic (exact) mass is 435 g/mol. The molecule has 1 saturated heterocycles. The van der Waals surface area contributed by atoms with Crippen LogP contribution in [0.4, 0.5) is 5.69 Å². The van der Waals surface area contributed by atoms with E-state index in [1.807, 2.05) is 43.3 Å². The van der Waals surface area contributed by atoms with Crippen LogP contribution in [-0.2, 0) is 21.4 Å². The number of anilines is 1. The summed E-state index contributed by atoms with van der Waals surface area (Å²) in [5, 5.41) is 0.716. The van der Waals surface area contributed by atoms with E-state index in [9.17, 15) is 13.2 Å². The summed E-state index contributed by atoms with van der Waals surface area (Å²) in [7, 11) is -3.57. The predicted octanol–water partition coefficient (Wildman–Crippen LogP) is 2.76. The number of para-hydroxylation sites is 1. The van der Waals surface area contributed by atoms with Gasteiger partial charge < -0.3 is 4.90 Å². The van der Waals surface area contributed by atoms with Gasteiger partial charge in [0.05, 0.1) is 11.9 Å². The molecule has 0 spiro atoms. The molecular weight excluding hydrogens is 410 g/mol. The number of nitrogens with zero attached hydrogens (tertiary/aromatic N) is 3. The Balaban J connectivity index is 1.61. The first-order chi connectivity index (χ1) is 13.7. The van der Waals surface area contributed by atoms with Crippen LogP contribution in [0, 0.1) is 6.92 Å². The van der Waals surface area contributed by atoms with Gasteiger partial charge >= 0.3 is 0 Å². The molecule has 0 N–H and O–H groups in total. The van der Waals surface area contributed by atoms with Crippen molar-refractivity contribution >= 4 is 33.2 Å². The molecule has 1 aliphatic heterocycles. The molecule has 0 radical (unpaired) electrons. The molecule has 3 rings (SSSR count). The second-order valence-corrected chi connectivity index (χ2v) is 9.69. The van der Waals surface area contributed by atoms with Gasteiger partial charge in [0.25, 0.3) is 0 Å². The molecule has 8 heteroatoms. The maximum absolute atomic E-state index is 12.8. The van der Waals surface area contributed by atoms with Crippen LogP contribution in [0.3, 0.4) is 0 Å². The van der Waals surface area contributed by atoms with Crippen LogP contribution >= 0.6 is 11.6 Å². The van der Waals surface area contributed by atoms with Crippen molar-refractivity contribution in [1.82, 2.24) is 9.80 Å². The second kappa shape index (κ2) is 9.15. The highest BCUT2D eigenvalue weighted by Crippen LogP contribution is 2.22. The molecule has 2 aromatic rings. The van der Waals surface area contributed by atoms with E-state index >= 15 is 0 Å². The van der Waals surface area contributed by atoms with Gasteiger partial charge in [-0.15, -0.1) is 0 Å². The first-order valence-electron chi connectivity index (χ1n) is 9.52. The predicted molar refractivity (Wildman–Crippen MR) is 117 cm³/mol. The number of halogens is 1. The van der Waals surface area contributed by atoms with Gasteiger partial charge in [-0.25, -0.2) is 8.42 Å². The van der Waals surface area contributed by atoms with Crippen LogP contribution in [0.5, 0.6) is 0 Å². The summed E-state index contributed by atoms with van der Waals surface area (Å²) < 4.78 is 25.8. The average Bonchev–Trinajstić information content (AvgIpc) is 2.66. The lowest BCUT2D eigenvalue weighted by atomic mass is 10.2. The quantitative estimate of drug-likeness (QED) is 0.700. The van der Waals surface area contributed by atoms with Gasteiger partial charge in [-0.1, -0.05) is 41.9 Å². The molecule has 2 aromatic carbocycles. The maximum atomic E-state index is 12.8. The Labute approximate surface area is 177 Å². The van der Waals surface area contributed by atoms with Crippen molar-refractivity contribution in [2.24, 2.45) is 0 Å².